The molecule has 4 heteroatoms. The van der Waals surface area contributed by atoms with Gasteiger partial charge in [-0.1, -0.05) is 60.7 Å². The maximum atomic E-state index is 12.2. The van der Waals surface area contributed by atoms with Crippen molar-refractivity contribution < 1.29 is 14.3 Å². The summed E-state index contributed by atoms with van der Waals surface area (Å²) >= 11 is 0. The van der Waals surface area contributed by atoms with E-state index >= 15 is 0 Å². The Balaban J connectivity index is 1.77. The molecular formula is C23H31NO3. The number of amides is 1. The SMILES string of the molecule is CC(C)(C)OC(=O)N[C@@H](CCCCOCc1ccccc1)c1ccccc1. The molecule has 0 bridgehead atoms. The molecule has 1 N–H and O–H groups in total. The van der Waals surface area contributed by atoms with Crippen LogP contribution < -0.4 is 5.32 Å². The topological polar surface area (TPSA) is 47.6 Å². The summed E-state index contributed by atoms with van der Waals surface area (Å²) in [4.78, 5) is 12.2. The molecule has 4 nitrogen and oxygen atoms in total. The summed E-state index contributed by atoms with van der Waals surface area (Å²) in [6, 6.07) is 20.1. The van der Waals surface area contributed by atoms with Crippen molar-refractivity contribution in [1.82, 2.24) is 5.32 Å². The number of carbonyl (C=O) groups excluding carboxylic acids is 1. The number of rotatable bonds is 9. The molecule has 0 aliphatic rings. The highest BCUT2D eigenvalue weighted by Gasteiger charge is 2.20. The maximum absolute atomic E-state index is 12.2. The fourth-order valence-corrected chi connectivity index (χ4v) is 2.77. The van der Waals surface area contributed by atoms with Crippen LogP contribution in [0.2, 0.25) is 0 Å². The van der Waals surface area contributed by atoms with Crippen LogP contribution in [0, 0.1) is 0 Å². The van der Waals surface area contributed by atoms with Crippen molar-refractivity contribution in [2.24, 2.45) is 0 Å². The first-order valence-electron chi connectivity index (χ1n) is 9.60. The molecule has 0 saturated heterocycles. The molecule has 0 heterocycles. The third kappa shape index (κ3) is 8.74. The first-order chi connectivity index (χ1) is 12.9. The summed E-state index contributed by atoms with van der Waals surface area (Å²) in [5, 5.41) is 3.00. The quantitative estimate of drug-likeness (QED) is 0.582. The van der Waals surface area contributed by atoms with Crippen LogP contribution >= 0.6 is 0 Å². The lowest BCUT2D eigenvalue weighted by Gasteiger charge is -2.24. The number of ether oxygens (including phenoxy) is 2. The van der Waals surface area contributed by atoms with Gasteiger partial charge in [-0.3, -0.25) is 0 Å². The van der Waals surface area contributed by atoms with E-state index in [0.29, 0.717) is 13.2 Å². The summed E-state index contributed by atoms with van der Waals surface area (Å²) in [6.45, 7) is 6.96. The molecule has 2 rings (SSSR count). The maximum Gasteiger partial charge on any atom is 0.408 e. The normalized spacial score (nSPS) is 12.4. The zero-order valence-corrected chi connectivity index (χ0v) is 16.6. The minimum absolute atomic E-state index is 0.0600. The molecule has 146 valence electrons. The van der Waals surface area contributed by atoms with E-state index < -0.39 is 5.60 Å². The minimum Gasteiger partial charge on any atom is -0.444 e. The van der Waals surface area contributed by atoms with E-state index in [9.17, 15) is 4.79 Å². The Morgan fingerprint density at radius 3 is 2.22 bits per heavy atom. The predicted octanol–water partition coefficient (Wildman–Crippen LogP) is 5.64. The van der Waals surface area contributed by atoms with Gasteiger partial charge in [-0.15, -0.1) is 0 Å². The fraction of sp³-hybridized carbons (Fsp3) is 0.435. The molecule has 0 radical (unpaired) electrons. The molecule has 0 spiro atoms. The smallest absolute Gasteiger partial charge is 0.408 e. The number of hydrogen-bond acceptors (Lipinski definition) is 3. The summed E-state index contributed by atoms with van der Waals surface area (Å²) in [5.41, 5.74) is 1.77. The van der Waals surface area contributed by atoms with Gasteiger partial charge < -0.3 is 14.8 Å². The van der Waals surface area contributed by atoms with E-state index in [0.717, 1.165) is 24.8 Å². The average Bonchev–Trinajstić information content (AvgIpc) is 2.63. The van der Waals surface area contributed by atoms with E-state index in [2.05, 4.69) is 17.4 Å². The number of unbranched alkanes of at least 4 members (excludes halogenated alkanes) is 1. The van der Waals surface area contributed by atoms with Crippen LogP contribution in [0.1, 0.15) is 57.2 Å². The van der Waals surface area contributed by atoms with Crippen LogP contribution in [0.25, 0.3) is 0 Å². The lowest BCUT2D eigenvalue weighted by atomic mass is 10.0. The van der Waals surface area contributed by atoms with Crippen molar-refractivity contribution in [2.75, 3.05) is 6.61 Å². The number of hydrogen-bond donors (Lipinski definition) is 1. The second kappa shape index (κ2) is 10.7. The minimum atomic E-state index is -0.503. The number of alkyl carbamates (subject to hydrolysis) is 1. The van der Waals surface area contributed by atoms with Crippen molar-refractivity contribution in [3.63, 3.8) is 0 Å². The molecule has 1 amide bonds. The molecule has 0 saturated carbocycles. The zero-order valence-electron chi connectivity index (χ0n) is 16.6. The van der Waals surface area contributed by atoms with Crippen molar-refractivity contribution >= 4 is 6.09 Å². The molecule has 0 aliphatic heterocycles. The molecule has 0 fully saturated rings. The Morgan fingerprint density at radius 1 is 0.963 bits per heavy atom. The summed E-state index contributed by atoms with van der Waals surface area (Å²) in [6.07, 6.45) is 2.38. The van der Waals surface area contributed by atoms with Crippen molar-refractivity contribution in [3.05, 3.63) is 71.8 Å². The van der Waals surface area contributed by atoms with E-state index in [-0.39, 0.29) is 12.1 Å². The molecule has 0 aliphatic carbocycles. The second-order valence-corrected chi connectivity index (χ2v) is 7.64. The molecular weight excluding hydrogens is 338 g/mol. The largest absolute Gasteiger partial charge is 0.444 e. The van der Waals surface area contributed by atoms with Gasteiger partial charge in [0.25, 0.3) is 0 Å². The van der Waals surface area contributed by atoms with Gasteiger partial charge >= 0.3 is 6.09 Å². The number of benzene rings is 2. The van der Waals surface area contributed by atoms with Gasteiger partial charge in [0.05, 0.1) is 12.6 Å². The molecule has 1 atom stereocenters. The zero-order chi connectivity index (χ0) is 19.5. The Hall–Kier alpha value is -2.33. The standard InChI is InChI=1S/C23H31NO3/c1-23(2,3)27-22(25)24-21(20-14-8-5-9-15-20)16-10-11-17-26-18-19-12-6-4-7-13-19/h4-9,12-15,21H,10-11,16-18H2,1-3H3,(H,24,25)/t21-/m0/s1. The second-order valence-electron chi connectivity index (χ2n) is 7.64. The molecule has 0 unspecified atom stereocenters. The van der Waals surface area contributed by atoms with Crippen molar-refractivity contribution in [1.29, 1.82) is 0 Å². The van der Waals surface area contributed by atoms with E-state index in [1.54, 1.807) is 0 Å². The summed E-state index contributed by atoms with van der Waals surface area (Å²) in [5.74, 6) is 0. The van der Waals surface area contributed by atoms with Gasteiger partial charge in [0.1, 0.15) is 5.60 Å². The Labute approximate surface area is 162 Å². The first kappa shape index (κ1) is 21.0. The molecule has 2 aromatic carbocycles. The van der Waals surface area contributed by atoms with Crippen LogP contribution in [-0.2, 0) is 16.1 Å². The van der Waals surface area contributed by atoms with Crippen LogP contribution in [-0.4, -0.2) is 18.3 Å². The molecule has 27 heavy (non-hydrogen) atoms. The van der Waals surface area contributed by atoms with E-state index in [4.69, 9.17) is 9.47 Å². The van der Waals surface area contributed by atoms with Gasteiger partial charge in [-0.05, 0) is 51.2 Å². The Kier molecular flexibility index (Phi) is 8.34. The Bertz CT molecular complexity index is 665. The number of carbonyl (C=O) groups is 1. The van der Waals surface area contributed by atoms with Gasteiger partial charge in [0, 0.05) is 6.61 Å². The molecule has 2 aromatic rings. The first-order valence-corrected chi connectivity index (χ1v) is 9.60. The third-order valence-electron chi connectivity index (χ3n) is 4.04. The summed E-state index contributed by atoms with van der Waals surface area (Å²) < 4.78 is 11.2. The van der Waals surface area contributed by atoms with Crippen LogP contribution in [0.5, 0.6) is 0 Å². The lowest BCUT2D eigenvalue weighted by molar-refractivity contribution is 0.0499. The highest BCUT2D eigenvalue weighted by Crippen LogP contribution is 2.20. The van der Waals surface area contributed by atoms with Gasteiger partial charge in [-0.2, -0.15) is 0 Å². The van der Waals surface area contributed by atoms with Crippen molar-refractivity contribution in [2.45, 2.75) is 58.3 Å². The fourth-order valence-electron chi connectivity index (χ4n) is 2.77. The number of nitrogens with one attached hydrogen (secondary N) is 1. The third-order valence-corrected chi connectivity index (χ3v) is 4.04. The van der Waals surface area contributed by atoms with Crippen LogP contribution in [0.3, 0.4) is 0 Å². The monoisotopic (exact) mass is 369 g/mol. The lowest BCUT2D eigenvalue weighted by Crippen LogP contribution is -2.35. The van der Waals surface area contributed by atoms with Gasteiger partial charge in [0.15, 0.2) is 0 Å². The predicted molar refractivity (Wildman–Crippen MR) is 109 cm³/mol. The van der Waals surface area contributed by atoms with Crippen LogP contribution in [0.15, 0.2) is 60.7 Å². The van der Waals surface area contributed by atoms with Gasteiger partial charge in [-0.25, -0.2) is 4.79 Å². The highest BCUT2D eigenvalue weighted by molar-refractivity contribution is 5.68. The highest BCUT2D eigenvalue weighted by atomic mass is 16.6. The Morgan fingerprint density at radius 2 is 1.59 bits per heavy atom. The van der Waals surface area contributed by atoms with Gasteiger partial charge in [0.2, 0.25) is 0 Å². The molecule has 0 aromatic heterocycles. The van der Waals surface area contributed by atoms with E-state index in [1.807, 2.05) is 69.3 Å². The van der Waals surface area contributed by atoms with E-state index in [1.165, 1.54) is 5.56 Å². The van der Waals surface area contributed by atoms with Crippen molar-refractivity contribution in [3.8, 4) is 0 Å². The summed E-state index contributed by atoms with van der Waals surface area (Å²) in [7, 11) is 0. The van der Waals surface area contributed by atoms with Crippen LogP contribution in [0.4, 0.5) is 4.79 Å². The average molecular weight is 370 g/mol.